The second-order valence-corrected chi connectivity index (χ2v) is 5.51. The molecule has 3 atom stereocenters. The molecule has 0 aromatic heterocycles. The summed E-state index contributed by atoms with van der Waals surface area (Å²) in [6.45, 7) is 0. The Kier molecular flexibility index (Phi) is 3.45. The molecule has 3 rings (SSSR count). The van der Waals surface area contributed by atoms with E-state index >= 15 is 0 Å². The number of ether oxygens (including phenoxy) is 1. The Hall–Kier alpha value is -2.23. The molecule has 1 aromatic rings. The predicted molar refractivity (Wildman–Crippen MR) is 76.0 cm³/mol. The fraction of sp³-hybridized carbons (Fsp3) is 0.353. The van der Waals surface area contributed by atoms with Crippen LogP contribution in [0.4, 0.5) is 0 Å². The Labute approximate surface area is 122 Å². The van der Waals surface area contributed by atoms with E-state index in [1.807, 2.05) is 12.2 Å². The van der Waals surface area contributed by atoms with Crippen molar-refractivity contribution in [3.05, 3.63) is 47.5 Å². The molecule has 0 N–H and O–H groups in total. The smallest absolute Gasteiger partial charge is 0.306 e. The highest BCUT2D eigenvalue weighted by atomic mass is 16.5. The molecule has 4 heteroatoms. The highest BCUT2D eigenvalue weighted by Crippen LogP contribution is 2.41. The van der Waals surface area contributed by atoms with Crippen LogP contribution in [0.15, 0.2) is 36.4 Å². The van der Waals surface area contributed by atoms with Gasteiger partial charge in [-0.25, -0.2) is 0 Å². The first-order chi connectivity index (χ1) is 10.1. The number of carbonyl (C=O) groups excluding carboxylic acids is 3. The van der Waals surface area contributed by atoms with E-state index in [1.165, 1.54) is 7.11 Å². The van der Waals surface area contributed by atoms with Gasteiger partial charge in [0.2, 0.25) is 0 Å². The number of hydrogen-bond acceptors (Lipinski definition) is 4. The summed E-state index contributed by atoms with van der Waals surface area (Å²) in [6, 6.07) is 6.94. The second-order valence-electron chi connectivity index (χ2n) is 5.51. The highest BCUT2D eigenvalue weighted by molar-refractivity contribution is 6.16. The summed E-state index contributed by atoms with van der Waals surface area (Å²) in [7, 11) is 1.33. The van der Waals surface area contributed by atoms with Crippen LogP contribution in [-0.4, -0.2) is 24.6 Å². The molecule has 4 nitrogen and oxygen atoms in total. The van der Waals surface area contributed by atoms with Crippen LogP contribution < -0.4 is 0 Å². The van der Waals surface area contributed by atoms with Gasteiger partial charge in [-0.15, -0.1) is 0 Å². The van der Waals surface area contributed by atoms with Crippen LogP contribution in [0.5, 0.6) is 0 Å². The first-order valence-electron chi connectivity index (χ1n) is 7.04. The van der Waals surface area contributed by atoms with E-state index in [4.69, 9.17) is 4.74 Å². The lowest BCUT2D eigenvalue weighted by molar-refractivity contribution is -0.141. The molecule has 2 aliphatic rings. The standard InChI is InChI=1S/C17H16O4/c1-21-14(18)9-10-5-4-8-13-15(10)17(20)12-7-3-2-6-11(12)16(13)19/h2-7,10,13,15H,8-9H2,1H3. The molecule has 21 heavy (non-hydrogen) atoms. The fourth-order valence-corrected chi connectivity index (χ4v) is 3.37. The normalized spacial score (nSPS) is 27.0. The van der Waals surface area contributed by atoms with Gasteiger partial charge in [0.15, 0.2) is 11.6 Å². The first kappa shape index (κ1) is 13.7. The Balaban J connectivity index is 2.00. The van der Waals surface area contributed by atoms with Crippen molar-refractivity contribution < 1.29 is 19.1 Å². The monoisotopic (exact) mass is 284 g/mol. The third-order valence-corrected chi connectivity index (χ3v) is 4.40. The van der Waals surface area contributed by atoms with Crippen LogP contribution >= 0.6 is 0 Å². The first-order valence-corrected chi connectivity index (χ1v) is 7.04. The van der Waals surface area contributed by atoms with E-state index in [9.17, 15) is 14.4 Å². The summed E-state index contributed by atoms with van der Waals surface area (Å²) in [5.74, 6) is -1.45. The van der Waals surface area contributed by atoms with Gasteiger partial charge in [-0.1, -0.05) is 36.4 Å². The summed E-state index contributed by atoms with van der Waals surface area (Å²) < 4.78 is 4.70. The molecule has 0 spiro atoms. The topological polar surface area (TPSA) is 60.4 Å². The van der Waals surface area contributed by atoms with Crippen LogP contribution in [0.1, 0.15) is 33.6 Å². The Morgan fingerprint density at radius 2 is 1.86 bits per heavy atom. The highest BCUT2D eigenvalue weighted by Gasteiger charge is 2.45. The lowest BCUT2D eigenvalue weighted by atomic mass is 9.64. The van der Waals surface area contributed by atoms with Gasteiger partial charge >= 0.3 is 5.97 Å². The minimum atomic E-state index is -0.448. The van der Waals surface area contributed by atoms with E-state index in [0.717, 1.165) is 0 Å². The Morgan fingerprint density at radius 1 is 1.19 bits per heavy atom. The molecule has 0 saturated heterocycles. The number of methoxy groups -OCH3 is 1. The maximum absolute atomic E-state index is 12.7. The molecule has 0 heterocycles. The predicted octanol–water partition coefficient (Wildman–Crippen LogP) is 2.44. The molecule has 0 fully saturated rings. The average molecular weight is 284 g/mol. The summed E-state index contributed by atoms with van der Waals surface area (Å²) in [5, 5.41) is 0. The summed E-state index contributed by atoms with van der Waals surface area (Å²) in [6.07, 6.45) is 4.46. The van der Waals surface area contributed by atoms with Crippen LogP contribution in [0.25, 0.3) is 0 Å². The lowest BCUT2D eigenvalue weighted by Crippen LogP contribution is -2.42. The van der Waals surface area contributed by atoms with Gasteiger partial charge in [-0.3, -0.25) is 14.4 Å². The molecule has 0 bridgehead atoms. The molecular weight excluding hydrogens is 268 g/mol. The second kappa shape index (κ2) is 5.28. The summed E-state index contributed by atoms with van der Waals surface area (Å²) in [4.78, 5) is 36.9. The van der Waals surface area contributed by atoms with Gasteiger partial charge in [0, 0.05) is 23.0 Å². The van der Waals surface area contributed by atoms with E-state index in [2.05, 4.69) is 0 Å². The number of hydrogen-bond donors (Lipinski definition) is 0. The van der Waals surface area contributed by atoms with Crippen LogP contribution in [-0.2, 0) is 9.53 Å². The number of Topliss-reactive ketones (excluding diaryl/α,β-unsaturated/α-hetero) is 2. The zero-order valence-corrected chi connectivity index (χ0v) is 11.7. The van der Waals surface area contributed by atoms with Crippen molar-refractivity contribution in [2.75, 3.05) is 7.11 Å². The molecule has 0 amide bonds. The summed E-state index contributed by atoms with van der Waals surface area (Å²) >= 11 is 0. The van der Waals surface area contributed by atoms with Crippen molar-refractivity contribution >= 4 is 17.5 Å². The molecule has 0 aliphatic heterocycles. The molecule has 0 saturated carbocycles. The largest absolute Gasteiger partial charge is 0.469 e. The van der Waals surface area contributed by atoms with Crippen molar-refractivity contribution in [2.24, 2.45) is 17.8 Å². The van der Waals surface area contributed by atoms with Gasteiger partial charge in [0.1, 0.15) is 0 Å². The minimum absolute atomic E-state index is 0.00872. The number of esters is 1. The fourth-order valence-electron chi connectivity index (χ4n) is 3.37. The van der Waals surface area contributed by atoms with Gasteiger partial charge in [-0.2, -0.15) is 0 Å². The van der Waals surface area contributed by atoms with Crippen molar-refractivity contribution in [1.82, 2.24) is 0 Å². The minimum Gasteiger partial charge on any atom is -0.469 e. The van der Waals surface area contributed by atoms with Crippen LogP contribution in [0, 0.1) is 17.8 Å². The number of ketones is 2. The SMILES string of the molecule is COC(=O)CC1C=CCC2C(=O)c3ccccc3C(=O)C12. The van der Waals surface area contributed by atoms with Crippen LogP contribution in [0.3, 0.4) is 0 Å². The van der Waals surface area contributed by atoms with Crippen molar-refractivity contribution in [3.8, 4) is 0 Å². The number of rotatable bonds is 2. The maximum atomic E-state index is 12.7. The molecule has 3 unspecified atom stereocenters. The van der Waals surface area contributed by atoms with Crippen molar-refractivity contribution in [3.63, 3.8) is 0 Å². The number of benzene rings is 1. The van der Waals surface area contributed by atoms with Gasteiger partial charge < -0.3 is 4.74 Å². The van der Waals surface area contributed by atoms with Gasteiger partial charge in [-0.05, 0) is 12.3 Å². The molecule has 1 aromatic carbocycles. The van der Waals surface area contributed by atoms with Gasteiger partial charge in [0.05, 0.1) is 13.5 Å². The number of carbonyl (C=O) groups is 3. The zero-order chi connectivity index (χ0) is 15.0. The van der Waals surface area contributed by atoms with E-state index < -0.39 is 5.92 Å². The van der Waals surface area contributed by atoms with E-state index in [1.54, 1.807) is 24.3 Å². The average Bonchev–Trinajstić information content (AvgIpc) is 2.52. The van der Waals surface area contributed by atoms with Crippen LogP contribution in [0.2, 0.25) is 0 Å². The third-order valence-electron chi connectivity index (χ3n) is 4.40. The number of fused-ring (bicyclic) bond motifs is 2. The third kappa shape index (κ3) is 2.20. The maximum Gasteiger partial charge on any atom is 0.306 e. The van der Waals surface area contributed by atoms with Crippen molar-refractivity contribution in [1.29, 1.82) is 0 Å². The number of allylic oxidation sites excluding steroid dienone is 2. The molecular formula is C17H16O4. The molecule has 2 aliphatic carbocycles. The van der Waals surface area contributed by atoms with Crippen molar-refractivity contribution in [2.45, 2.75) is 12.8 Å². The Bertz CT molecular complexity index is 644. The molecule has 0 radical (unpaired) electrons. The van der Waals surface area contributed by atoms with Gasteiger partial charge in [0.25, 0.3) is 0 Å². The Morgan fingerprint density at radius 3 is 2.52 bits per heavy atom. The van der Waals surface area contributed by atoms with E-state index in [-0.39, 0.29) is 35.8 Å². The lowest BCUT2D eigenvalue weighted by Gasteiger charge is -2.36. The quantitative estimate of drug-likeness (QED) is 0.618. The molecule has 108 valence electrons. The zero-order valence-electron chi connectivity index (χ0n) is 11.7. The summed E-state index contributed by atoms with van der Waals surface area (Å²) in [5.41, 5.74) is 0.991. The van der Waals surface area contributed by atoms with E-state index in [0.29, 0.717) is 17.5 Å².